The van der Waals surface area contributed by atoms with Gasteiger partial charge in [0.2, 0.25) is 11.8 Å². The SMILES string of the molecule is CC(NC(=O)C1(CN)CCOCC1)c1ccc(NC(=O)C2CC2)cc1.Cl. The Morgan fingerprint density at radius 2 is 1.85 bits per heavy atom. The van der Waals surface area contributed by atoms with Gasteiger partial charge in [0, 0.05) is 31.4 Å². The summed E-state index contributed by atoms with van der Waals surface area (Å²) in [4.78, 5) is 24.5. The third-order valence-corrected chi connectivity index (χ3v) is 5.30. The molecule has 1 aromatic carbocycles. The molecule has 1 aromatic rings. The van der Waals surface area contributed by atoms with Gasteiger partial charge in [-0.2, -0.15) is 0 Å². The van der Waals surface area contributed by atoms with Crippen LogP contribution < -0.4 is 16.4 Å². The van der Waals surface area contributed by atoms with Crippen molar-refractivity contribution >= 4 is 29.9 Å². The summed E-state index contributed by atoms with van der Waals surface area (Å²) in [6, 6.07) is 7.52. The highest BCUT2D eigenvalue weighted by Crippen LogP contribution is 2.31. The normalized spacial score (nSPS) is 19.8. The molecule has 1 heterocycles. The molecule has 1 saturated carbocycles. The van der Waals surface area contributed by atoms with E-state index in [0.717, 1.165) is 24.1 Å². The van der Waals surface area contributed by atoms with Crippen LogP contribution in [0.5, 0.6) is 0 Å². The number of hydrogen-bond donors (Lipinski definition) is 3. The fourth-order valence-electron chi connectivity index (χ4n) is 3.16. The molecule has 7 heteroatoms. The van der Waals surface area contributed by atoms with Crippen molar-refractivity contribution in [3.8, 4) is 0 Å². The number of amides is 2. The summed E-state index contributed by atoms with van der Waals surface area (Å²) in [5.41, 5.74) is 7.16. The summed E-state index contributed by atoms with van der Waals surface area (Å²) in [5, 5.41) is 6.01. The molecule has 1 aliphatic carbocycles. The largest absolute Gasteiger partial charge is 0.381 e. The van der Waals surface area contributed by atoms with E-state index in [1.807, 2.05) is 31.2 Å². The topological polar surface area (TPSA) is 93.5 Å². The van der Waals surface area contributed by atoms with Crippen LogP contribution in [0.15, 0.2) is 24.3 Å². The first-order chi connectivity index (χ1) is 12.0. The first-order valence-electron chi connectivity index (χ1n) is 9.04. The Balaban J connectivity index is 0.00000243. The zero-order valence-electron chi connectivity index (χ0n) is 15.1. The molecule has 4 N–H and O–H groups in total. The van der Waals surface area contributed by atoms with Crippen molar-refractivity contribution in [1.29, 1.82) is 0 Å². The van der Waals surface area contributed by atoms with Crippen LogP contribution in [-0.4, -0.2) is 31.6 Å². The van der Waals surface area contributed by atoms with Crippen molar-refractivity contribution in [2.75, 3.05) is 25.1 Å². The maximum Gasteiger partial charge on any atom is 0.228 e. The highest BCUT2D eigenvalue weighted by molar-refractivity contribution is 5.94. The van der Waals surface area contributed by atoms with Gasteiger partial charge in [-0.1, -0.05) is 12.1 Å². The van der Waals surface area contributed by atoms with E-state index in [0.29, 0.717) is 32.6 Å². The van der Waals surface area contributed by atoms with E-state index < -0.39 is 5.41 Å². The fraction of sp³-hybridized carbons (Fsp3) is 0.579. The van der Waals surface area contributed by atoms with Gasteiger partial charge in [-0.05, 0) is 50.3 Å². The molecule has 3 rings (SSSR count). The van der Waals surface area contributed by atoms with Gasteiger partial charge in [-0.25, -0.2) is 0 Å². The lowest BCUT2D eigenvalue weighted by Gasteiger charge is -2.35. The van der Waals surface area contributed by atoms with Gasteiger partial charge in [0.15, 0.2) is 0 Å². The number of ether oxygens (including phenoxy) is 1. The monoisotopic (exact) mass is 381 g/mol. The van der Waals surface area contributed by atoms with Crippen molar-refractivity contribution < 1.29 is 14.3 Å². The standard InChI is InChI=1S/C19H27N3O3.ClH/c1-13(21-18(24)19(12-20)8-10-25-11-9-19)14-4-6-16(7-5-14)22-17(23)15-2-3-15;/h4-7,13,15H,2-3,8-12,20H2,1H3,(H,21,24)(H,22,23);1H. The number of benzene rings is 1. The molecule has 2 aliphatic rings. The van der Waals surface area contributed by atoms with Crippen LogP contribution >= 0.6 is 12.4 Å². The predicted molar refractivity (Wildman–Crippen MR) is 103 cm³/mol. The van der Waals surface area contributed by atoms with E-state index in [2.05, 4.69) is 10.6 Å². The highest BCUT2D eigenvalue weighted by atomic mass is 35.5. The van der Waals surface area contributed by atoms with Crippen molar-refractivity contribution in [3.05, 3.63) is 29.8 Å². The van der Waals surface area contributed by atoms with Gasteiger partial charge in [-0.3, -0.25) is 9.59 Å². The summed E-state index contributed by atoms with van der Waals surface area (Å²) in [6.45, 7) is 3.45. The Labute approximate surface area is 160 Å². The number of hydrogen-bond acceptors (Lipinski definition) is 4. The second kappa shape index (κ2) is 8.84. The summed E-state index contributed by atoms with van der Waals surface area (Å²) >= 11 is 0. The molecule has 26 heavy (non-hydrogen) atoms. The molecular formula is C19H28ClN3O3. The van der Waals surface area contributed by atoms with E-state index in [-0.39, 0.29) is 36.2 Å². The van der Waals surface area contributed by atoms with Gasteiger partial charge in [-0.15, -0.1) is 12.4 Å². The third kappa shape index (κ3) is 4.75. The quantitative estimate of drug-likeness (QED) is 0.705. The Bertz CT molecular complexity index is 625. The fourth-order valence-corrected chi connectivity index (χ4v) is 3.16. The van der Waals surface area contributed by atoms with Crippen LogP contribution in [0.25, 0.3) is 0 Å². The lowest BCUT2D eigenvalue weighted by Crippen LogP contribution is -2.49. The number of carbonyl (C=O) groups is 2. The van der Waals surface area contributed by atoms with Crippen molar-refractivity contribution in [3.63, 3.8) is 0 Å². The minimum Gasteiger partial charge on any atom is -0.381 e. The van der Waals surface area contributed by atoms with Crippen LogP contribution in [-0.2, 0) is 14.3 Å². The number of nitrogens with one attached hydrogen (secondary N) is 2. The van der Waals surface area contributed by atoms with E-state index in [1.165, 1.54) is 0 Å². The second-order valence-electron chi connectivity index (χ2n) is 7.18. The molecule has 144 valence electrons. The molecule has 2 amide bonds. The zero-order valence-corrected chi connectivity index (χ0v) is 15.9. The summed E-state index contributed by atoms with van der Waals surface area (Å²) < 4.78 is 5.36. The minimum atomic E-state index is -0.523. The van der Waals surface area contributed by atoms with Crippen LogP contribution in [0.3, 0.4) is 0 Å². The summed E-state index contributed by atoms with van der Waals surface area (Å²) in [5.74, 6) is 0.278. The van der Waals surface area contributed by atoms with E-state index >= 15 is 0 Å². The molecule has 1 unspecified atom stereocenters. The smallest absolute Gasteiger partial charge is 0.228 e. The lowest BCUT2D eigenvalue weighted by atomic mass is 9.79. The maximum atomic E-state index is 12.7. The molecule has 0 spiro atoms. The number of anilines is 1. The Morgan fingerprint density at radius 1 is 1.23 bits per heavy atom. The number of rotatable bonds is 6. The Morgan fingerprint density at radius 3 is 2.38 bits per heavy atom. The molecule has 1 atom stereocenters. The van der Waals surface area contributed by atoms with Crippen molar-refractivity contribution in [1.82, 2.24) is 5.32 Å². The zero-order chi connectivity index (χ0) is 17.9. The third-order valence-electron chi connectivity index (χ3n) is 5.30. The van der Waals surface area contributed by atoms with Gasteiger partial charge in [0.05, 0.1) is 11.5 Å². The van der Waals surface area contributed by atoms with E-state index in [1.54, 1.807) is 0 Å². The van der Waals surface area contributed by atoms with E-state index in [4.69, 9.17) is 10.5 Å². The van der Waals surface area contributed by atoms with Crippen molar-refractivity contribution in [2.45, 2.75) is 38.6 Å². The van der Waals surface area contributed by atoms with Crippen molar-refractivity contribution in [2.24, 2.45) is 17.1 Å². The minimum absolute atomic E-state index is 0. The maximum absolute atomic E-state index is 12.7. The first-order valence-corrected chi connectivity index (χ1v) is 9.04. The lowest BCUT2D eigenvalue weighted by molar-refractivity contribution is -0.136. The highest BCUT2D eigenvalue weighted by Gasteiger charge is 2.39. The number of carbonyl (C=O) groups excluding carboxylic acids is 2. The molecule has 2 fully saturated rings. The average molecular weight is 382 g/mol. The molecule has 0 bridgehead atoms. The second-order valence-corrected chi connectivity index (χ2v) is 7.18. The van der Waals surface area contributed by atoms with Gasteiger partial charge < -0.3 is 21.1 Å². The Kier molecular flexibility index (Phi) is 7.03. The molecular weight excluding hydrogens is 354 g/mol. The molecule has 1 saturated heterocycles. The van der Waals surface area contributed by atoms with Crippen LogP contribution in [0.2, 0.25) is 0 Å². The van der Waals surface area contributed by atoms with Crippen LogP contribution in [0, 0.1) is 11.3 Å². The average Bonchev–Trinajstić information content (AvgIpc) is 3.48. The van der Waals surface area contributed by atoms with Crippen LogP contribution in [0.1, 0.15) is 44.2 Å². The Hall–Kier alpha value is -1.63. The number of halogens is 1. The number of nitrogens with two attached hydrogens (primary N) is 1. The molecule has 0 aromatic heterocycles. The molecule has 6 nitrogen and oxygen atoms in total. The van der Waals surface area contributed by atoms with Crippen LogP contribution in [0.4, 0.5) is 5.69 Å². The van der Waals surface area contributed by atoms with E-state index in [9.17, 15) is 9.59 Å². The summed E-state index contributed by atoms with van der Waals surface area (Å²) in [6.07, 6.45) is 3.30. The summed E-state index contributed by atoms with van der Waals surface area (Å²) in [7, 11) is 0. The first kappa shape index (κ1) is 20.7. The van der Waals surface area contributed by atoms with Gasteiger partial charge in [0.25, 0.3) is 0 Å². The van der Waals surface area contributed by atoms with Gasteiger partial charge in [0.1, 0.15) is 0 Å². The molecule has 1 aliphatic heterocycles. The molecule has 0 radical (unpaired) electrons. The predicted octanol–water partition coefficient (Wildman–Crippen LogP) is 2.39. The van der Waals surface area contributed by atoms with Gasteiger partial charge >= 0.3 is 0 Å².